The summed E-state index contributed by atoms with van der Waals surface area (Å²) in [6.07, 6.45) is 2.54. The highest BCUT2D eigenvalue weighted by Gasteiger charge is 2.48. The van der Waals surface area contributed by atoms with Crippen LogP contribution in [0.15, 0.2) is 0 Å². The molecule has 0 aromatic rings. The highest BCUT2D eigenvalue weighted by atomic mass is 15.1. The Morgan fingerprint density at radius 3 is 1.56 bits per heavy atom. The molecular weight excluding hydrogens is 220 g/mol. The van der Waals surface area contributed by atoms with Crippen LogP contribution in [0, 0.1) is 10.8 Å². The average molecular weight is 256 g/mol. The van der Waals surface area contributed by atoms with E-state index in [1.165, 1.54) is 19.4 Å². The van der Waals surface area contributed by atoms with E-state index >= 15 is 0 Å². The number of nitrogens with zero attached hydrogens (tertiary/aromatic N) is 2. The van der Waals surface area contributed by atoms with Gasteiger partial charge in [0.15, 0.2) is 0 Å². The second-order valence-electron chi connectivity index (χ2n) is 7.87. The van der Waals surface area contributed by atoms with Crippen LogP contribution in [0.2, 0.25) is 0 Å². The van der Waals surface area contributed by atoms with Gasteiger partial charge >= 0.3 is 0 Å². The van der Waals surface area contributed by atoms with Crippen molar-refractivity contribution in [3.05, 3.63) is 0 Å². The summed E-state index contributed by atoms with van der Waals surface area (Å²) >= 11 is 0. The van der Waals surface area contributed by atoms with Crippen molar-refractivity contribution in [2.24, 2.45) is 10.8 Å². The molecule has 0 bridgehead atoms. The number of hydrogen-bond donors (Lipinski definition) is 0. The largest absolute Gasteiger partial charge is 0.309 e. The third-order valence-corrected chi connectivity index (χ3v) is 5.75. The molecule has 110 valence electrons. The van der Waals surface area contributed by atoms with Crippen molar-refractivity contribution >= 4 is 0 Å². The normalized spacial score (nSPS) is 14.7. The van der Waals surface area contributed by atoms with E-state index in [-0.39, 0.29) is 11.0 Å². The van der Waals surface area contributed by atoms with Crippen molar-refractivity contribution in [2.75, 3.05) is 34.7 Å². The molecule has 0 fully saturated rings. The fraction of sp³-hybridized carbons (Fsp3) is 1.00. The standard InChI is InChI=1S/C16H36N2/c1-14(2,12-11-13-17(7)8)15(3,4)16(5,6)18(9)10/h11-13H2,1-10H3. The first-order chi connectivity index (χ1) is 7.86. The van der Waals surface area contributed by atoms with E-state index in [0.717, 1.165) is 0 Å². The molecule has 0 N–H and O–H groups in total. The highest BCUT2D eigenvalue weighted by molar-refractivity contribution is 5.01. The zero-order chi connectivity index (χ0) is 14.8. The number of hydrogen-bond acceptors (Lipinski definition) is 2. The molecule has 0 spiro atoms. The Hall–Kier alpha value is -0.0800. The molecular formula is C16H36N2. The first-order valence-electron chi connectivity index (χ1n) is 7.18. The molecule has 0 saturated heterocycles. The summed E-state index contributed by atoms with van der Waals surface area (Å²) in [7, 11) is 8.69. The fourth-order valence-electron chi connectivity index (χ4n) is 2.54. The molecule has 0 radical (unpaired) electrons. The van der Waals surface area contributed by atoms with Crippen molar-refractivity contribution in [3.63, 3.8) is 0 Å². The molecule has 0 aliphatic carbocycles. The van der Waals surface area contributed by atoms with E-state index in [2.05, 4.69) is 79.5 Å². The third-order valence-electron chi connectivity index (χ3n) is 5.75. The molecule has 0 unspecified atom stereocenters. The molecule has 2 nitrogen and oxygen atoms in total. The second kappa shape index (κ2) is 5.92. The van der Waals surface area contributed by atoms with Crippen LogP contribution >= 0.6 is 0 Å². The first kappa shape index (κ1) is 17.9. The van der Waals surface area contributed by atoms with Gasteiger partial charge in [0.2, 0.25) is 0 Å². The Bertz CT molecular complexity index is 250. The Morgan fingerprint density at radius 2 is 1.22 bits per heavy atom. The van der Waals surface area contributed by atoms with Gasteiger partial charge in [-0.2, -0.15) is 0 Å². The zero-order valence-corrected chi connectivity index (χ0v) is 14.5. The maximum absolute atomic E-state index is 2.42. The van der Waals surface area contributed by atoms with Crippen molar-refractivity contribution in [1.82, 2.24) is 9.80 Å². The molecule has 0 heterocycles. The van der Waals surface area contributed by atoms with Crippen LogP contribution in [0.5, 0.6) is 0 Å². The van der Waals surface area contributed by atoms with Gasteiger partial charge in [-0.25, -0.2) is 0 Å². The van der Waals surface area contributed by atoms with Crippen LogP contribution in [0.3, 0.4) is 0 Å². The third kappa shape index (κ3) is 3.71. The molecule has 18 heavy (non-hydrogen) atoms. The van der Waals surface area contributed by atoms with E-state index in [0.29, 0.717) is 5.41 Å². The average Bonchev–Trinajstić information content (AvgIpc) is 2.15. The van der Waals surface area contributed by atoms with E-state index < -0.39 is 0 Å². The molecule has 0 rings (SSSR count). The first-order valence-corrected chi connectivity index (χ1v) is 7.18. The van der Waals surface area contributed by atoms with Gasteiger partial charge in [-0.05, 0) is 72.3 Å². The molecule has 0 atom stereocenters. The summed E-state index contributed by atoms with van der Waals surface area (Å²) < 4.78 is 0. The van der Waals surface area contributed by atoms with E-state index in [1.807, 2.05) is 0 Å². The maximum atomic E-state index is 2.42. The SMILES string of the molecule is CN(C)CCCC(C)(C)C(C)(C)C(C)(C)N(C)C. The molecule has 0 aliphatic heterocycles. The molecule has 2 heteroatoms. The summed E-state index contributed by atoms with van der Waals surface area (Å²) in [5, 5.41) is 0. The predicted molar refractivity (Wildman–Crippen MR) is 83.1 cm³/mol. The van der Waals surface area contributed by atoms with Crippen LogP contribution in [0.1, 0.15) is 54.4 Å². The van der Waals surface area contributed by atoms with Gasteiger partial charge in [0.25, 0.3) is 0 Å². The van der Waals surface area contributed by atoms with E-state index in [4.69, 9.17) is 0 Å². The van der Waals surface area contributed by atoms with Gasteiger partial charge in [0, 0.05) is 5.54 Å². The molecule has 0 amide bonds. The minimum Gasteiger partial charge on any atom is -0.309 e. The summed E-state index contributed by atoms with van der Waals surface area (Å²) in [5.74, 6) is 0. The van der Waals surface area contributed by atoms with Crippen LogP contribution in [-0.4, -0.2) is 50.1 Å². The number of rotatable bonds is 7. The van der Waals surface area contributed by atoms with Gasteiger partial charge in [-0.15, -0.1) is 0 Å². The summed E-state index contributed by atoms with van der Waals surface area (Å²) in [6.45, 7) is 15.6. The Balaban J connectivity index is 4.85. The van der Waals surface area contributed by atoms with Crippen LogP contribution in [-0.2, 0) is 0 Å². The molecule has 0 aromatic carbocycles. The topological polar surface area (TPSA) is 6.48 Å². The smallest absolute Gasteiger partial charge is 0.0203 e. The van der Waals surface area contributed by atoms with E-state index in [9.17, 15) is 0 Å². The summed E-state index contributed by atoms with van der Waals surface area (Å²) in [6, 6.07) is 0. The Labute approximate surface area is 116 Å². The lowest BCUT2D eigenvalue weighted by Crippen LogP contribution is -2.56. The quantitative estimate of drug-likeness (QED) is 0.685. The Kier molecular flexibility index (Phi) is 5.89. The monoisotopic (exact) mass is 256 g/mol. The van der Waals surface area contributed by atoms with Crippen LogP contribution < -0.4 is 0 Å². The summed E-state index contributed by atoms with van der Waals surface area (Å²) in [5.41, 5.74) is 0.779. The second-order valence-corrected chi connectivity index (χ2v) is 7.87. The maximum Gasteiger partial charge on any atom is 0.0203 e. The lowest BCUT2D eigenvalue weighted by molar-refractivity contribution is -0.0474. The fourth-order valence-corrected chi connectivity index (χ4v) is 2.54. The summed E-state index contributed by atoms with van der Waals surface area (Å²) in [4.78, 5) is 4.64. The minimum atomic E-state index is 0.189. The van der Waals surface area contributed by atoms with Crippen molar-refractivity contribution in [1.29, 1.82) is 0 Å². The van der Waals surface area contributed by atoms with Gasteiger partial charge in [-0.1, -0.05) is 27.7 Å². The predicted octanol–water partition coefficient (Wildman–Crippen LogP) is 3.72. The molecule has 0 saturated carbocycles. The zero-order valence-electron chi connectivity index (χ0n) is 14.5. The van der Waals surface area contributed by atoms with E-state index in [1.54, 1.807) is 0 Å². The van der Waals surface area contributed by atoms with Gasteiger partial charge in [0.05, 0.1) is 0 Å². The molecule has 0 aliphatic rings. The van der Waals surface area contributed by atoms with Crippen molar-refractivity contribution in [3.8, 4) is 0 Å². The Morgan fingerprint density at radius 1 is 0.778 bits per heavy atom. The highest BCUT2D eigenvalue weighted by Crippen LogP contribution is 2.50. The lowest BCUT2D eigenvalue weighted by atomic mass is 9.56. The van der Waals surface area contributed by atoms with Gasteiger partial charge in [0.1, 0.15) is 0 Å². The van der Waals surface area contributed by atoms with Crippen LogP contribution in [0.25, 0.3) is 0 Å². The van der Waals surface area contributed by atoms with Crippen molar-refractivity contribution in [2.45, 2.75) is 59.9 Å². The lowest BCUT2D eigenvalue weighted by Gasteiger charge is -2.55. The van der Waals surface area contributed by atoms with Gasteiger partial charge in [-0.3, -0.25) is 0 Å². The molecule has 0 aromatic heterocycles. The van der Waals surface area contributed by atoms with Crippen LogP contribution in [0.4, 0.5) is 0 Å². The van der Waals surface area contributed by atoms with Gasteiger partial charge < -0.3 is 9.80 Å². The minimum absolute atomic E-state index is 0.189. The van der Waals surface area contributed by atoms with Crippen molar-refractivity contribution < 1.29 is 0 Å².